The number of benzene rings is 2. The van der Waals surface area contributed by atoms with Crippen molar-refractivity contribution in [2.45, 2.75) is 13.8 Å². The Bertz CT molecular complexity index is 677. The zero-order valence-electron chi connectivity index (χ0n) is 11.3. The van der Waals surface area contributed by atoms with Gasteiger partial charge in [-0.2, -0.15) is 0 Å². The Morgan fingerprint density at radius 1 is 1.10 bits per heavy atom. The van der Waals surface area contributed by atoms with Crippen molar-refractivity contribution in [1.29, 1.82) is 0 Å². The topological polar surface area (TPSA) is 66.4 Å². The lowest BCUT2D eigenvalue weighted by Gasteiger charge is -2.08. The van der Waals surface area contributed by atoms with E-state index in [4.69, 9.17) is 0 Å². The fraction of sp³-hybridized carbons (Fsp3) is 0.125. The smallest absolute Gasteiger partial charge is 0.255 e. The van der Waals surface area contributed by atoms with Crippen LogP contribution < -0.4 is 5.32 Å². The maximum atomic E-state index is 12.1. The summed E-state index contributed by atoms with van der Waals surface area (Å²) in [5, 5.41) is 12.1. The summed E-state index contributed by atoms with van der Waals surface area (Å²) in [4.78, 5) is 23.5. The minimum Gasteiger partial charge on any atom is -0.508 e. The molecule has 0 bridgehead atoms. The number of carbonyl (C=O) groups excluding carboxylic acids is 2. The van der Waals surface area contributed by atoms with Crippen LogP contribution in [0.1, 0.15) is 33.2 Å². The molecule has 0 unspecified atom stereocenters. The first-order valence-electron chi connectivity index (χ1n) is 6.19. The van der Waals surface area contributed by atoms with Gasteiger partial charge in [-0.05, 0) is 49.7 Å². The molecule has 0 atom stereocenters. The fourth-order valence-electron chi connectivity index (χ4n) is 1.92. The number of carbonyl (C=O) groups is 2. The normalized spacial score (nSPS) is 10.1. The van der Waals surface area contributed by atoms with E-state index in [9.17, 15) is 14.7 Å². The van der Waals surface area contributed by atoms with Gasteiger partial charge >= 0.3 is 0 Å². The van der Waals surface area contributed by atoms with Crippen molar-refractivity contribution in [3.05, 3.63) is 59.2 Å². The van der Waals surface area contributed by atoms with E-state index in [2.05, 4.69) is 5.32 Å². The number of ketones is 1. The minimum absolute atomic E-state index is 0.0538. The van der Waals surface area contributed by atoms with Crippen molar-refractivity contribution in [2.75, 3.05) is 5.32 Å². The van der Waals surface area contributed by atoms with Crippen LogP contribution in [0.5, 0.6) is 5.75 Å². The highest BCUT2D eigenvalue weighted by atomic mass is 16.3. The number of rotatable bonds is 3. The highest BCUT2D eigenvalue weighted by Crippen LogP contribution is 2.18. The molecule has 0 heterocycles. The molecule has 2 rings (SSSR count). The average molecular weight is 269 g/mol. The number of aryl methyl sites for hydroxylation is 1. The van der Waals surface area contributed by atoms with Crippen molar-refractivity contribution in [3.8, 4) is 5.75 Å². The van der Waals surface area contributed by atoms with Crippen molar-refractivity contribution >= 4 is 17.4 Å². The van der Waals surface area contributed by atoms with Crippen LogP contribution in [0, 0.1) is 6.92 Å². The van der Waals surface area contributed by atoms with E-state index in [1.165, 1.54) is 19.1 Å². The Balaban J connectivity index is 2.23. The average Bonchev–Trinajstić information content (AvgIpc) is 2.38. The Morgan fingerprint density at radius 3 is 2.50 bits per heavy atom. The highest BCUT2D eigenvalue weighted by molar-refractivity contribution is 6.06. The Kier molecular flexibility index (Phi) is 3.84. The van der Waals surface area contributed by atoms with Crippen LogP contribution in [0.2, 0.25) is 0 Å². The number of phenolic OH excluding ortho intramolecular Hbond substituents is 1. The van der Waals surface area contributed by atoms with E-state index < -0.39 is 0 Å². The Morgan fingerprint density at radius 2 is 1.85 bits per heavy atom. The number of phenols is 1. The zero-order valence-corrected chi connectivity index (χ0v) is 11.3. The molecule has 0 saturated heterocycles. The molecule has 0 aliphatic carbocycles. The number of anilines is 1. The van der Waals surface area contributed by atoms with Gasteiger partial charge < -0.3 is 10.4 Å². The lowest BCUT2D eigenvalue weighted by atomic mass is 10.1. The lowest BCUT2D eigenvalue weighted by Crippen LogP contribution is -2.13. The number of aromatic hydroxyl groups is 1. The summed E-state index contributed by atoms with van der Waals surface area (Å²) in [6, 6.07) is 11.3. The number of nitrogens with one attached hydrogen (secondary N) is 1. The van der Waals surface area contributed by atoms with Gasteiger partial charge in [-0.3, -0.25) is 9.59 Å². The molecule has 20 heavy (non-hydrogen) atoms. The minimum atomic E-state index is -0.275. The highest BCUT2D eigenvalue weighted by Gasteiger charge is 2.10. The van der Waals surface area contributed by atoms with Gasteiger partial charge in [0.2, 0.25) is 0 Å². The molecule has 4 heteroatoms. The zero-order chi connectivity index (χ0) is 14.7. The van der Waals surface area contributed by atoms with Crippen molar-refractivity contribution in [3.63, 3.8) is 0 Å². The Labute approximate surface area is 117 Å². The summed E-state index contributed by atoms with van der Waals surface area (Å²) >= 11 is 0. The van der Waals surface area contributed by atoms with Gasteiger partial charge in [0.1, 0.15) is 5.75 Å². The molecule has 2 N–H and O–H groups in total. The first kappa shape index (κ1) is 13.8. The molecule has 1 amide bonds. The summed E-state index contributed by atoms with van der Waals surface area (Å²) in [6.07, 6.45) is 0. The van der Waals surface area contributed by atoms with Crippen LogP contribution in [0.3, 0.4) is 0 Å². The van der Waals surface area contributed by atoms with Gasteiger partial charge in [0.05, 0.1) is 0 Å². The number of hydrogen-bond acceptors (Lipinski definition) is 3. The van der Waals surface area contributed by atoms with E-state index in [1.807, 2.05) is 0 Å². The predicted octanol–water partition coefficient (Wildman–Crippen LogP) is 3.16. The molecule has 0 saturated carbocycles. The molecule has 2 aromatic carbocycles. The van der Waals surface area contributed by atoms with E-state index in [0.29, 0.717) is 22.4 Å². The SMILES string of the molecule is CC(=O)c1cccc(NC(=O)c2ccc(O)cc2C)c1. The maximum Gasteiger partial charge on any atom is 0.255 e. The van der Waals surface area contributed by atoms with Gasteiger partial charge in [-0.25, -0.2) is 0 Å². The second kappa shape index (κ2) is 5.57. The molecule has 102 valence electrons. The first-order valence-corrected chi connectivity index (χ1v) is 6.19. The molecule has 2 aromatic rings. The lowest BCUT2D eigenvalue weighted by molar-refractivity contribution is 0.101. The predicted molar refractivity (Wildman–Crippen MR) is 77.2 cm³/mol. The second-order valence-corrected chi connectivity index (χ2v) is 4.59. The molecule has 0 aliphatic rings. The number of amides is 1. The van der Waals surface area contributed by atoms with E-state index in [1.54, 1.807) is 37.3 Å². The van der Waals surface area contributed by atoms with Crippen LogP contribution in [-0.2, 0) is 0 Å². The van der Waals surface area contributed by atoms with Crippen molar-refractivity contribution in [2.24, 2.45) is 0 Å². The third kappa shape index (κ3) is 3.03. The molecule has 0 fully saturated rings. The van der Waals surface area contributed by atoms with Crippen LogP contribution in [0.4, 0.5) is 5.69 Å². The van der Waals surface area contributed by atoms with E-state index in [-0.39, 0.29) is 17.4 Å². The molecular formula is C16H15NO3. The van der Waals surface area contributed by atoms with E-state index >= 15 is 0 Å². The summed E-state index contributed by atoms with van der Waals surface area (Å²) in [5.41, 5.74) is 2.28. The molecule has 0 spiro atoms. The Hall–Kier alpha value is -2.62. The third-order valence-corrected chi connectivity index (χ3v) is 2.98. The summed E-state index contributed by atoms with van der Waals surface area (Å²) in [6.45, 7) is 3.23. The summed E-state index contributed by atoms with van der Waals surface area (Å²) < 4.78 is 0. The van der Waals surface area contributed by atoms with Crippen LogP contribution in [0.25, 0.3) is 0 Å². The fourth-order valence-corrected chi connectivity index (χ4v) is 1.92. The summed E-state index contributed by atoms with van der Waals surface area (Å²) in [5.74, 6) is -0.206. The van der Waals surface area contributed by atoms with Gasteiger partial charge in [0.15, 0.2) is 5.78 Å². The van der Waals surface area contributed by atoms with Crippen molar-refractivity contribution in [1.82, 2.24) is 0 Å². The first-order chi connectivity index (χ1) is 9.47. The van der Waals surface area contributed by atoms with Gasteiger partial charge in [0.25, 0.3) is 5.91 Å². The van der Waals surface area contributed by atoms with Crippen LogP contribution in [0.15, 0.2) is 42.5 Å². The van der Waals surface area contributed by atoms with Gasteiger partial charge in [0, 0.05) is 16.8 Å². The molecule has 0 radical (unpaired) electrons. The van der Waals surface area contributed by atoms with Crippen molar-refractivity contribution < 1.29 is 14.7 Å². The number of Topliss-reactive ketones (excluding diaryl/α,β-unsaturated/α-hetero) is 1. The second-order valence-electron chi connectivity index (χ2n) is 4.59. The third-order valence-electron chi connectivity index (χ3n) is 2.98. The van der Waals surface area contributed by atoms with Gasteiger partial charge in [-0.1, -0.05) is 12.1 Å². The molecule has 0 aromatic heterocycles. The molecule has 4 nitrogen and oxygen atoms in total. The quantitative estimate of drug-likeness (QED) is 0.841. The van der Waals surface area contributed by atoms with Crippen LogP contribution >= 0.6 is 0 Å². The van der Waals surface area contributed by atoms with Gasteiger partial charge in [-0.15, -0.1) is 0 Å². The monoisotopic (exact) mass is 269 g/mol. The standard InChI is InChI=1S/C16H15NO3/c1-10-8-14(19)6-7-15(10)16(20)17-13-5-3-4-12(9-13)11(2)18/h3-9,19H,1-2H3,(H,17,20). The maximum absolute atomic E-state index is 12.1. The van der Waals surface area contributed by atoms with E-state index in [0.717, 1.165) is 0 Å². The molecule has 0 aliphatic heterocycles. The largest absolute Gasteiger partial charge is 0.508 e. The van der Waals surface area contributed by atoms with Crippen LogP contribution in [-0.4, -0.2) is 16.8 Å². The summed E-state index contributed by atoms with van der Waals surface area (Å²) in [7, 11) is 0. The number of hydrogen-bond donors (Lipinski definition) is 2. The molecular weight excluding hydrogens is 254 g/mol.